The topological polar surface area (TPSA) is 107 Å². The second kappa shape index (κ2) is 9.75. The number of hydrogen-bond acceptors (Lipinski definition) is 6. The average molecular weight is 423 g/mol. The molecule has 0 saturated heterocycles. The van der Waals surface area contributed by atoms with Crippen LogP contribution in [0.1, 0.15) is 47.6 Å². The number of fused-ring (bicyclic) bond motifs is 1. The first-order valence-electron chi connectivity index (χ1n) is 10.6. The molecule has 8 heteroatoms. The van der Waals surface area contributed by atoms with E-state index >= 15 is 0 Å². The molecule has 0 radical (unpaired) electrons. The Morgan fingerprint density at radius 3 is 2.58 bits per heavy atom. The number of likely N-dealkylation sites (N-methyl/N-ethyl adjacent to an activating group) is 1. The Morgan fingerprint density at radius 2 is 1.90 bits per heavy atom. The van der Waals surface area contributed by atoms with Gasteiger partial charge in [0, 0.05) is 18.7 Å². The van der Waals surface area contributed by atoms with Crippen molar-refractivity contribution in [3.8, 4) is 6.07 Å². The summed E-state index contributed by atoms with van der Waals surface area (Å²) in [6.07, 6.45) is 3.98. The molecule has 31 heavy (non-hydrogen) atoms. The molecule has 3 rings (SSSR count). The number of hydrogen-bond donors (Lipinski definition) is 2. The number of anilines is 1. The molecule has 1 aromatic carbocycles. The summed E-state index contributed by atoms with van der Waals surface area (Å²) in [4.78, 5) is 14.2. The predicted molar refractivity (Wildman–Crippen MR) is 120 cm³/mol. The van der Waals surface area contributed by atoms with Gasteiger partial charge in [0.1, 0.15) is 23.2 Å². The molecule has 164 valence electrons. The van der Waals surface area contributed by atoms with Gasteiger partial charge >= 0.3 is 0 Å². The fraction of sp³-hybridized carbons (Fsp3) is 0.478. The molecule has 0 aliphatic carbocycles. The molecule has 0 saturated carbocycles. The molecule has 2 heterocycles. The van der Waals surface area contributed by atoms with Crippen molar-refractivity contribution in [1.29, 1.82) is 5.26 Å². The molecule has 2 aromatic rings. The van der Waals surface area contributed by atoms with Crippen molar-refractivity contribution in [2.75, 3.05) is 25.5 Å². The van der Waals surface area contributed by atoms with Gasteiger partial charge in [-0.05, 0) is 51.8 Å². The average Bonchev–Trinajstić information content (AvgIpc) is 2.92. The van der Waals surface area contributed by atoms with Crippen LogP contribution in [-0.2, 0) is 17.8 Å². The molecular formula is C23H30N6O2. The van der Waals surface area contributed by atoms with Crippen LogP contribution in [0.5, 0.6) is 0 Å². The lowest BCUT2D eigenvalue weighted by atomic mass is 10.1. The van der Waals surface area contributed by atoms with Crippen LogP contribution in [0.25, 0.3) is 5.57 Å². The zero-order valence-electron chi connectivity index (χ0n) is 18.7. The summed E-state index contributed by atoms with van der Waals surface area (Å²) < 4.78 is 1.93. The van der Waals surface area contributed by atoms with Gasteiger partial charge in [-0.25, -0.2) is 0 Å². The second-order valence-corrected chi connectivity index (χ2v) is 8.33. The number of carbonyl (C=O) groups is 1. The number of aliphatic hydroxyl groups excluding tert-OH is 1. The lowest BCUT2D eigenvalue weighted by Gasteiger charge is -2.18. The van der Waals surface area contributed by atoms with E-state index in [-0.39, 0.29) is 30.3 Å². The molecule has 0 fully saturated rings. The van der Waals surface area contributed by atoms with Gasteiger partial charge in [0.15, 0.2) is 5.82 Å². The van der Waals surface area contributed by atoms with Gasteiger partial charge < -0.3 is 15.0 Å². The summed E-state index contributed by atoms with van der Waals surface area (Å²) in [5.74, 6) is 0.963. The first kappa shape index (κ1) is 22.5. The zero-order chi connectivity index (χ0) is 22.5. The van der Waals surface area contributed by atoms with Crippen LogP contribution < -0.4 is 5.32 Å². The number of aryl methyl sites for hydroxylation is 4. The summed E-state index contributed by atoms with van der Waals surface area (Å²) in [6, 6.07) is 6.13. The van der Waals surface area contributed by atoms with Gasteiger partial charge in [-0.15, -0.1) is 10.2 Å². The summed E-state index contributed by atoms with van der Waals surface area (Å²) in [6.45, 7) is 6.83. The highest BCUT2D eigenvalue weighted by molar-refractivity contribution is 5.93. The van der Waals surface area contributed by atoms with Crippen LogP contribution in [0.3, 0.4) is 0 Å². The van der Waals surface area contributed by atoms with Crippen molar-refractivity contribution in [3.63, 3.8) is 0 Å². The van der Waals surface area contributed by atoms with E-state index in [0.29, 0.717) is 5.82 Å². The number of carbonyl (C=O) groups excluding carboxylic acids is 1. The first-order valence-corrected chi connectivity index (χ1v) is 10.6. The second-order valence-electron chi connectivity index (χ2n) is 8.33. The third-order valence-corrected chi connectivity index (χ3v) is 5.51. The summed E-state index contributed by atoms with van der Waals surface area (Å²) in [5, 5.41) is 31.6. The van der Waals surface area contributed by atoms with Crippen molar-refractivity contribution in [2.45, 2.75) is 53.0 Å². The highest BCUT2D eigenvalue weighted by atomic mass is 16.3. The van der Waals surface area contributed by atoms with E-state index in [0.717, 1.165) is 60.4 Å². The number of aromatic nitrogens is 3. The van der Waals surface area contributed by atoms with Gasteiger partial charge in [-0.2, -0.15) is 5.26 Å². The number of allylic oxidation sites excluding steroid dienone is 1. The number of nitrogens with zero attached hydrogens (tertiary/aromatic N) is 5. The third kappa shape index (κ3) is 5.30. The largest absolute Gasteiger partial charge is 0.509 e. The molecule has 1 aliphatic heterocycles. The predicted octanol–water partition coefficient (Wildman–Crippen LogP) is 3.29. The Bertz CT molecular complexity index is 1020. The number of nitrogens with one attached hydrogen (secondary N) is 1. The highest BCUT2D eigenvalue weighted by Gasteiger charge is 2.21. The molecule has 8 nitrogen and oxygen atoms in total. The van der Waals surface area contributed by atoms with Crippen molar-refractivity contribution >= 4 is 17.2 Å². The Hall–Kier alpha value is -3.18. The number of nitriles is 1. The van der Waals surface area contributed by atoms with Gasteiger partial charge in [-0.3, -0.25) is 9.69 Å². The van der Waals surface area contributed by atoms with E-state index in [2.05, 4.69) is 21.6 Å². The van der Waals surface area contributed by atoms with E-state index in [1.807, 2.05) is 37.5 Å². The fourth-order valence-electron chi connectivity index (χ4n) is 4.11. The molecule has 2 N–H and O–H groups in total. The van der Waals surface area contributed by atoms with Gasteiger partial charge in [0.05, 0.1) is 13.1 Å². The maximum Gasteiger partial charge on any atom is 0.238 e. The summed E-state index contributed by atoms with van der Waals surface area (Å²) in [7, 11) is 1.73. The first-order chi connectivity index (χ1) is 14.8. The van der Waals surface area contributed by atoms with Crippen LogP contribution in [0.2, 0.25) is 0 Å². The van der Waals surface area contributed by atoms with E-state index in [4.69, 9.17) is 0 Å². The normalized spacial score (nSPS) is 14.5. The fourth-order valence-corrected chi connectivity index (χ4v) is 4.11. The number of rotatable bonds is 6. The van der Waals surface area contributed by atoms with Gasteiger partial charge in [0.2, 0.25) is 5.91 Å². The summed E-state index contributed by atoms with van der Waals surface area (Å²) >= 11 is 0. The molecular weight excluding hydrogens is 392 g/mol. The van der Waals surface area contributed by atoms with Crippen molar-refractivity contribution in [2.24, 2.45) is 0 Å². The minimum atomic E-state index is -0.180. The van der Waals surface area contributed by atoms with Crippen LogP contribution in [0, 0.1) is 32.1 Å². The van der Waals surface area contributed by atoms with Gasteiger partial charge in [-0.1, -0.05) is 24.1 Å². The number of aliphatic hydroxyl groups is 1. The van der Waals surface area contributed by atoms with E-state index in [9.17, 15) is 15.2 Å². The molecule has 1 aromatic heterocycles. The minimum Gasteiger partial charge on any atom is -0.509 e. The SMILES string of the molecule is Cc1cc(C)c(NC(=O)CN(C)C/C(O)=C(\C#N)c2nnc3n2CCCCC3)c(C)c1. The van der Waals surface area contributed by atoms with Crippen molar-refractivity contribution in [1.82, 2.24) is 19.7 Å². The van der Waals surface area contributed by atoms with Crippen molar-refractivity contribution in [3.05, 3.63) is 46.2 Å². The maximum absolute atomic E-state index is 12.5. The van der Waals surface area contributed by atoms with E-state index < -0.39 is 0 Å². The molecule has 0 bridgehead atoms. The lowest BCUT2D eigenvalue weighted by Crippen LogP contribution is -2.32. The Balaban J connectivity index is 1.70. The molecule has 0 unspecified atom stereocenters. The summed E-state index contributed by atoms with van der Waals surface area (Å²) in [5.41, 5.74) is 4.09. The van der Waals surface area contributed by atoms with Crippen LogP contribution in [0.4, 0.5) is 5.69 Å². The zero-order valence-corrected chi connectivity index (χ0v) is 18.7. The van der Waals surface area contributed by atoms with Crippen LogP contribution in [-0.4, -0.2) is 50.8 Å². The van der Waals surface area contributed by atoms with Crippen LogP contribution in [0.15, 0.2) is 17.9 Å². The van der Waals surface area contributed by atoms with Crippen LogP contribution >= 0.6 is 0 Å². The van der Waals surface area contributed by atoms with Crippen molar-refractivity contribution < 1.29 is 9.90 Å². The number of benzene rings is 1. The Kier molecular flexibility index (Phi) is 7.08. The molecule has 0 atom stereocenters. The Labute approximate surface area is 183 Å². The lowest BCUT2D eigenvalue weighted by molar-refractivity contribution is -0.117. The monoisotopic (exact) mass is 422 g/mol. The third-order valence-electron chi connectivity index (χ3n) is 5.51. The number of amides is 1. The van der Waals surface area contributed by atoms with E-state index in [1.165, 1.54) is 0 Å². The standard InChI is InChI=1S/C23H30N6O2/c1-15-10-16(2)22(17(3)11-15)25-21(31)14-28(4)13-19(30)18(12-24)23-27-26-20-8-6-5-7-9-29(20)23/h10-11,30H,5-9,13-14H2,1-4H3,(H,25,31)/b19-18-. The highest BCUT2D eigenvalue weighted by Crippen LogP contribution is 2.23. The quantitative estimate of drug-likeness (QED) is 0.546. The van der Waals surface area contributed by atoms with E-state index in [1.54, 1.807) is 11.9 Å². The smallest absolute Gasteiger partial charge is 0.238 e. The minimum absolute atomic E-state index is 0.0599. The Morgan fingerprint density at radius 1 is 1.19 bits per heavy atom. The van der Waals surface area contributed by atoms with Gasteiger partial charge in [0.25, 0.3) is 0 Å². The molecule has 1 amide bonds. The maximum atomic E-state index is 12.5. The molecule has 0 spiro atoms. The molecule has 1 aliphatic rings.